The quantitative estimate of drug-likeness (QED) is 0.469. The fraction of sp³-hybridized carbons (Fsp3) is 0.167. The van der Waals surface area contributed by atoms with Crippen LogP contribution in [0.15, 0.2) is 89.4 Å². The van der Waals surface area contributed by atoms with Crippen LogP contribution in [-0.2, 0) is 9.59 Å². The van der Waals surface area contributed by atoms with Crippen molar-refractivity contribution < 1.29 is 9.59 Å². The van der Waals surface area contributed by atoms with Gasteiger partial charge in [-0.3, -0.25) is 9.59 Å². The lowest BCUT2D eigenvalue weighted by atomic mass is 10.0. The van der Waals surface area contributed by atoms with Gasteiger partial charge < -0.3 is 10.2 Å². The molecule has 0 aliphatic carbocycles. The van der Waals surface area contributed by atoms with Gasteiger partial charge >= 0.3 is 0 Å². The van der Waals surface area contributed by atoms with Gasteiger partial charge in [0.25, 0.3) is 0 Å². The molecule has 154 valence electrons. The molecule has 0 aromatic heterocycles. The molecule has 0 aliphatic heterocycles. The Kier molecular flexibility index (Phi) is 8.11. The molecular weight excluding hydrogens is 460 g/mol. The van der Waals surface area contributed by atoms with E-state index in [2.05, 4.69) is 45.5 Å². The third-order valence-electron chi connectivity index (χ3n) is 4.53. The van der Waals surface area contributed by atoms with Crippen molar-refractivity contribution in [3.05, 3.63) is 101 Å². The predicted molar refractivity (Wildman–Crippen MR) is 128 cm³/mol. The Bertz CT molecular complexity index is 943. The van der Waals surface area contributed by atoms with Crippen molar-refractivity contribution in [2.24, 2.45) is 0 Å². The molecule has 3 aromatic rings. The van der Waals surface area contributed by atoms with Crippen molar-refractivity contribution in [3.8, 4) is 0 Å². The van der Waals surface area contributed by atoms with Gasteiger partial charge in [-0.05, 0) is 39.2 Å². The summed E-state index contributed by atoms with van der Waals surface area (Å²) in [6.45, 7) is 0.00205. The number of hydrogen-bond acceptors (Lipinski definition) is 3. The lowest BCUT2D eigenvalue weighted by Crippen LogP contribution is -2.36. The minimum atomic E-state index is -0.231. The number of halogens is 1. The Morgan fingerprint density at radius 1 is 0.900 bits per heavy atom. The Morgan fingerprint density at radius 3 is 2.00 bits per heavy atom. The lowest BCUT2D eigenvalue weighted by Gasteiger charge is -2.21. The van der Waals surface area contributed by atoms with Gasteiger partial charge in [-0.2, -0.15) is 0 Å². The summed E-state index contributed by atoms with van der Waals surface area (Å²) in [6.07, 6.45) is 0. The minimum Gasteiger partial charge on any atom is -0.336 e. The summed E-state index contributed by atoms with van der Waals surface area (Å²) >= 11 is 4.97. The van der Waals surface area contributed by atoms with Crippen molar-refractivity contribution in [1.29, 1.82) is 0 Å². The van der Waals surface area contributed by atoms with Gasteiger partial charge in [0, 0.05) is 11.5 Å². The molecule has 0 bridgehead atoms. The summed E-state index contributed by atoms with van der Waals surface area (Å²) in [5.41, 5.74) is 2.98. The summed E-state index contributed by atoms with van der Waals surface area (Å²) in [7, 11) is 1.66. The SMILES string of the molecule is CN(CC(=O)Nc1ccccc1Br)C(=O)CSC(c1ccccc1)c1ccccc1. The van der Waals surface area contributed by atoms with Crippen LogP contribution in [0.5, 0.6) is 0 Å². The van der Waals surface area contributed by atoms with Crippen LogP contribution in [0.25, 0.3) is 0 Å². The van der Waals surface area contributed by atoms with E-state index < -0.39 is 0 Å². The van der Waals surface area contributed by atoms with E-state index in [1.807, 2.05) is 60.7 Å². The second-order valence-corrected chi connectivity index (χ2v) is 8.74. The number of rotatable bonds is 8. The molecule has 0 radical (unpaired) electrons. The maximum absolute atomic E-state index is 12.7. The van der Waals surface area contributed by atoms with Gasteiger partial charge in [0.15, 0.2) is 0 Å². The van der Waals surface area contributed by atoms with E-state index in [9.17, 15) is 9.59 Å². The Balaban J connectivity index is 1.59. The zero-order valence-corrected chi connectivity index (χ0v) is 19.0. The Labute approximate surface area is 189 Å². The fourth-order valence-corrected chi connectivity index (χ4v) is 4.57. The number of nitrogens with one attached hydrogen (secondary N) is 1. The fourth-order valence-electron chi connectivity index (χ4n) is 2.96. The first-order chi connectivity index (χ1) is 14.5. The Morgan fingerprint density at radius 2 is 1.43 bits per heavy atom. The van der Waals surface area contributed by atoms with E-state index >= 15 is 0 Å². The van der Waals surface area contributed by atoms with Gasteiger partial charge in [0.05, 0.1) is 23.2 Å². The Hall–Kier alpha value is -2.57. The van der Waals surface area contributed by atoms with Crippen LogP contribution in [0.4, 0.5) is 5.69 Å². The molecular formula is C24H23BrN2O2S. The van der Waals surface area contributed by atoms with Crippen LogP contribution in [0.2, 0.25) is 0 Å². The number of para-hydroxylation sites is 1. The average molecular weight is 483 g/mol. The normalized spacial score (nSPS) is 10.6. The third-order valence-corrected chi connectivity index (χ3v) is 6.52. The van der Waals surface area contributed by atoms with Crippen LogP contribution >= 0.6 is 27.7 Å². The molecule has 0 atom stereocenters. The molecule has 0 fully saturated rings. The van der Waals surface area contributed by atoms with E-state index in [4.69, 9.17) is 0 Å². The molecule has 0 heterocycles. The first-order valence-electron chi connectivity index (χ1n) is 9.54. The molecule has 0 aliphatic rings. The number of nitrogens with zero attached hydrogens (tertiary/aromatic N) is 1. The first kappa shape index (κ1) is 22.1. The zero-order chi connectivity index (χ0) is 21.3. The zero-order valence-electron chi connectivity index (χ0n) is 16.6. The highest BCUT2D eigenvalue weighted by Gasteiger charge is 2.19. The van der Waals surface area contributed by atoms with Gasteiger partial charge in [-0.25, -0.2) is 0 Å². The van der Waals surface area contributed by atoms with Gasteiger partial charge in [0.2, 0.25) is 11.8 Å². The topological polar surface area (TPSA) is 49.4 Å². The summed E-state index contributed by atoms with van der Waals surface area (Å²) in [5, 5.41) is 2.88. The molecule has 4 nitrogen and oxygen atoms in total. The van der Waals surface area contributed by atoms with Crippen molar-refractivity contribution in [1.82, 2.24) is 4.90 Å². The summed E-state index contributed by atoms with van der Waals surface area (Å²) < 4.78 is 0.802. The number of amides is 2. The van der Waals surface area contributed by atoms with Gasteiger partial charge in [-0.15, -0.1) is 11.8 Å². The predicted octanol–water partition coefficient (Wildman–Crippen LogP) is 5.37. The van der Waals surface area contributed by atoms with E-state index in [1.165, 1.54) is 4.90 Å². The van der Waals surface area contributed by atoms with Gasteiger partial charge in [0.1, 0.15) is 0 Å². The lowest BCUT2D eigenvalue weighted by molar-refractivity contribution is -0.131. The molecule has 2 amide bonds. The monoisotopic (exact) mass is 482 g/mol. The van der Waals surface area contributed by atoms with Crippen molar-refractivity contribution >= 4 is 45.2 Å². The smallest absolute Gasteiger partial charge is 0.244 e. The molecule has 0 saturated carbocycles. The molecule has 30 heavy (non-hydrogen) atoms. The first-order valence-corrected chi connectivity index (χ1v) is 11.4. The highest BCUT2D eigenvalue weighted by molar-refractivity contribution is 9.10. The number of carbonyl (C=O) groups is 2. The average Bonchev–Trinajstić information content (AvgIpc) is 2.77. The summed E-state index contributed by atoms with van der Waals surface area (Å²) in [4.78, 5) is 26.5. The van der Waals surface area contributed by atoms with E-state index in [0.29, 0.717) is 5.69 Å². The van der Waals surface area contributed by atoms with E-state index in [1.54, 1.807) is 18.8 Å². The highest BCUT2D eigenvalue weighted by Crippen LogP contribution is 2.35. The second-order valence-electron chi connectivity index (χ2n) is 6.79. The van der Waals surface area contributed by atoms with Crippen LogP contribution in [-0.4, -0.2) is 36.1 Å². The molecule has 3 rings (SSSR count). The second kappa shape index (κ2) is 11.0. The van der Waals surface area contributed by atoms with E-state index in [0.717, 1.165) is 15.6 Å². The summed E-state index contributed by atoms with van der Waals surface area (Å²) in [5.74, 6) is -0.0302. The van der Waals surface area contributed by atoms with Crippen molar-refractivity contribution in [3.63, 3.8) is 0 Å². The summed E-state index contributed by atoms with van der Waals surface area (Å²) in [6, 6.07) is 27.7. The van der Waals surface area contributed by atoms with Crippen LogP contribution in [0, 0.1) is 0 Å². The molecule has 6 heteroatoms. The van der Waals surface area contributed by atoms with Crippen molar-refractivity contribution in [2.45, 2.75) is 5.25 Å². The van der Waals surface area contributed by atoms with Crippen LogP contribution in [0.1, 0.15) is 16.4 Å². The number of benzene rings is 3. The molecule has 0 spiro atoms. The maximum Gasteiger partial charge on any atom is 0.244 e. The third kappa shape index (κ3) is 6.21. The molecule has 1 N–H and O–H groups in total. The largest absolute Gasteiger partial charge is 0.336 e. The number of hydrogen-bond donors (Lipinski definition) is 1. The highest BCUT2D eigenvalue weighted by atomic mass is 79.9. The molecule has 0 unspecified atom stereocenters. The van der Waals surface area contributed by atoms with Crippen LogP contribution in [0.3, 0.4) is 0 Å². The van der Waals surface area contributed by atoms with Gasteiger partial charge in [-0.1, -0.05) is 72.8 Å². The van der Waals surface area contributed by atoms with E-state index in [-0.39, 0.29) is 29.4 Å². The number of anilines is 1. The number of likely N-dealkylation sites (N-methyl/N-ethyl adjacent to an activating group) is 1. The number of thioether (sulfide) groups is 1. The van der Waals surface area contributed by atoms with Crippen molar-refractivity contribution in [2.75, 3.05) is 24.7 Å². The minimum absolute atomic E-state index is 0.00205. The maximum atomic E-state index is 12.7. The standard InChI is InChI=1S/C24H23BrN2O2S/c1-27(16-22(28)26-21-15-9-8-14-20(21)25)23(29)17-30-24(18-10-4-2-5-11-18)19-12-6-3-7-13-19/h2-15,24H,16-17H2,1H3,(H,26,28). The number of carbonyl (C=O) groups excluding carboxylic acids is 2. The van der Waals surface area contributed by atoms with Crippen LogP contribution < -0.4 is 5.32 Å². The molecule has 3 aromatic carbocycles. The molecule has 0 saturated heterocycles.